The number of anilines is 1. The molecule has 1 aromatic heterocycles. The lowest BCUT2D eigenvalue weighted by atomic mass is 9.99. The molecule has 1 aliphatic rings. The average molecular weight is 520 g/mol. The molecule has 2 unspecified atom stereocenters. The SMILES string of the molecule is [N-]=[N+]=NC[C@]1(COP(=O)(O)OP(=O)(O)OP(=O)(O)O)OC(n2ccc(N)nc2=O)=C[C@@H]1O. The molecule has 0 fully saturated rings. The highest BCUT2D eigenvalue weighted by Crippen LogP contribution is 2.66. The summed E-state index contributed by atoms with van der Waals surface area (Å²) in [4.78, 5) is 53.7. The Morgan fingerprint density at radius 1 is 1.28 bits per heavy atom. The van der Waals surface area contributed by atoms with Crippen LogP contribution in [0.1, 0.15) is 0 Å². The van der Waals surface area contributed by atoms with Gasteiger partial charge < -0.3 is 35.2 Å². The topological polar surface area (TPSA) is 299 Å². The standard InChI is InChI=1S/C10H15N6O13P3/c11-7-1-2-16(9(18)14-7)8-3-6(17)10(27-8,4-13-15-12)5-26-31(22,23)29-32(24,25)28-30(19,20)21/h1-3,6,17H,4-5H2,(H,22,23)(H,24,25)(H2,11,14,18)(H2,19,20,21)/t6-,10+/m0/s1. The molecule has 2 heterocycles. The van der Waals surface area contributed by atoms with Crippen LogP contribution >= 0.6 is 23.5 Å². The van der Waals surface area contributed by atoms with Gasteiger partial charge in [0, 0.05) is 17.2 Å². The van der Waals surface area contributed by atoms with Crippen LogP contribution in [-0.2, 0) is 31.6 Å². The molecule has 0 aliphatic carbocycles. The molecule has 19 nitrogen and oxygen atoms in total. The second kappa shape index (κ2) is 9.41. The molecular weight excluding hydrogens is 505 g/mol. The Kier molecular flexibility index (Phi) is 7.69. The Morgan fingerprint density at radius 2 is 1.94 bits per heavy atom. The van der Waals surface area contributed by atoms with E-state index in [0.717, 1.165) is 16.8 Å². The molecule has 32 heavy (non-hydrogen) atoms. The van der Waals surface area contributed by atoms with Gasteiger partial charge in [-0.2, -0.15) is 13.6 Å². The second-order valence-electron chi connectivity index (χ2n) is 5.87. The maximum absolute atomic E-state index is 12.0. The second-order valence-corrected chi connectivity index (χ2v) is 10.3. The van der Waals surface area contributed by atoms with Gasteiger partial charge in [-0.3, -0.25) is 4.52 Å². The first-order chi connectivity index (χ1) is 14.6. The highest BCUT2D eigenvalue weighted by Gasteiger charge is 2.49. The quantitative estimate of drug-likeness (QED) is 0.0971. The van der Waals surface area contributed by atoms with Crippen molar-refractivity contribution in [1.29, 1.82) is 0 Å². The summed E-state index contributed by atoms with van der Waals surface area (Å²) in [7, 11) is -17.0. The first-order valence-corrected chi connectivity index (χ1v) is 12.3. The van der Waals surface area contributed by atoms with Gasteiger partial charge in [-0.25, -0.2) is 23.1 Å². The van der Waals surface area contributed by atoms with E-state index >= 15 is 0 Å². The largest absolute Gasteiger partial charge is 0.490 e. The summed E-state index contributed by atoms with van der Waals surface area (Å²) >= 11 is 0. The van der Waals surface area contributed by atoms with Crippen molar-refractivity contribution in [2.24, 2.45) is 5.11 Å². The van der Waals surface area contributed by atoms with E-state index < -0.39 is 54.0 Å². The molecule has 0 amide bonds. The number of ether oxygens (including phenoxy) is 1. The third kappa shape index (κ3) is 6.95. The molecule has 0 saturated carbocycles. The van der Waals surface area contributed by atoms with Gasteiger partial charge in [0.05, 0.1) is 6.54 Å². The summed E-state index contributed by atoms with van der Waals surface area (Å²) in [6.45, 7) is -1.91. The fraction of sp³-hybridized carbons (Fsp3) is 0.400. The first kappa shape index (κ1) is 26.2. The molecule has 4 atom stereocenters. The van der Waals surface area contributed by atoms with Crippen molar-refractivity contribution < 1.29 is 56.3 Å². The summed E-state index contributed by atoms with van der Waals surface area (Å²) in [5.41, 5.74) is 10.9. The number of phosphoric ester groups is 1. The third-order valence-corrected chi connectivity index (χ3v) is 7.28. The van der Waals surface area contributed by atoms with Crippen molar-refractivity contribution >= 4 is 35.2 Å². The minimum atomic E-state index is -5.79. The van der Waals surface area contributed by atoms with E-state index in [-0.39, 0.29) is 11.7 Å². The highest BCUT2D eigenvalue weighted by atomic mass is 31.3. The van der Waals surface area contributed by atoms with Gasteiger partial charge in [0.25, 0.3) is 0 Å². The fourth-order valence-electron chi connectivity index (χ4n) is 2.23. The van der Waals surface area contributed by atoms with Crippen LogP contribution in [0.4, 0.5) is 5.82 Å². The van der Waals surface area contributed by atoms with E-state index in [4.69, 9.17) is 25.8 Å². The summed E-state index contributed by atoms with van der Waals surface area (Å²) in [6.07, 6.45) is 0.321. The van der Waals surface area contributed by atoms with E-state index in [1.807, 2.05) is 0 Å². The van der Waals surface area contributed by atoms with Gasteiger partial charge in [-0.1, -0.05) is 5.11 Å². The van der Waals surface area contributed by atoms with E-state index in [1.165, 1.54) is 6.07 Å². The zero-order valence-corrected chi connectivity index (χ0v) is 18.1. The molecule has 0 spiro atoms. The number of hydrogen-bond acceptors (Lipinski definition) is 12. The number of rotatable bonds is 10. The number of nitrogen functional groups attached to an aromatic ring is 1. The first-order valence-electron chi connectivity index (χ1n) is 7.82. The van der Waals surface area contributed by atoms with Crippen LogP contribution in [0.2, 0.25) is 0 Å². The summed E-state index contributed by atoms with van der Waals surface area (Å²) in [5.74, 6) is -0.489. The number of azide groups is 1. The molecule has 2 rings (SSSR count). The van der Waals surface area contributed by atoms with Crippen molar-refractivity contribution in [3.05, 3.63) is 39.3 Å². The van der Waals surface area contributed by atoms with Crippen molar-refractivity contribution in [2.75, 3.05) is 18.9 Å². The predicted octanol–water partition coefficient (Wildman–Crippen LogP) is -0.593. The zero-order chi connectivity index (χ0) is 24.4. The Balaban J connectivity index is 2.24. The lowest BCUT2D eigenvalue weighted by Crippen LogP contribution is -2.47. The number of nitrogens with zero attached hydrogens (tertiary/aromatic N) is 5. The van der Waals surface area contributed by atoms with Crippen molar-refractivity contribution in [1.82, 2.24) is 9.55 Å². The molecule has 0 saturated heterocycles. The molecule has 0 radical (unpaired) electrons. The highest BCUT2D eigenvalue weighted by molar-refractivity contribution is 7.66. The normalized spacial score (nSPS) is 24.5. The number of aromatic nitrogens is 2. The Hall–Kier alpha value is -2.10. The van der Waals surface area contributed by atoms with Crippen molar-refractivity contribution in [3.63, 3.8) is 0 Å². The number of aliphatic hydroxyl groups is 1. The molecular formula is C10H15N6O13P3. The van der Waals surface area contributed by atoms with Crippen LogP contribution in [0.15, 0.2) is 28.2 Å². The van der Waals surface area contributed by atoms with Crippen molar-refractivity contribution in [2.45, 2.75) is 11.7 Å². The Labute approximate surface area is 176 Å². The fourth-order valence-corrected chi connectivity index (χ4v) is 5.31. The van der Waals surface area contributed by atoms with Gasteiger partial charge in [0.2, 0.25) is 5.88 Å². The molecule has 0 bridgehead atoms. The van der Waals surface area contributed by atoms with Crippen molar-refractivity contribution in [3.8, 4) is 0 Å². The van der Waals surface area contributed by atoms with Gasteiger partial charge in [-0.15, -0.1) is 0 Å². The minimum absolute atomic E-state index is 0.126. The van der Waals surface area contributed by atoms with E-state index in [1.54, 1.807) is 0 Å². The maximum atomic E-state index is 12.0. The average Bonchev–Trinajstić information content (AvgIpc) is 2.92. The van der Waals surface area contributed by atoms with E-state index in [0.29, 0.717) is 0 Å². The number of phosphoric acid groups is 3. The molecule has 1 aromatic rings. The van der Waals surface area contributed by atoms with Crippen LogP contribution in [0.25, 0.3) is 16.3 Å². The predicted molar refractivity (Wildman–Crippen MR) is 101 cm³/mol. The number of nitrogens with two attached hydrogens (primary N) is 1. The lowest BCUT2D eigenvalue weighted by molar-refractivity contribution is -0.0605. The van der Waals surface area contributed by atoms with Gasteiger partial charge in [0.15, 0.2) is 5.60 Å². The summed E-state index contributed by atoms with van der Waals surface area (Å²) < 4.78 is 51.8. The molecule has 22 heteroatoms. The third-order valence-electron chi connectivity index (χ3n) is 3.50. The Morgan fingerprint density at radius 3 is 2.50 bits per heavy atom. The lowest BCUT2D eigenvalue weighted by Gasteiger charge is -2.31. The minimum Gasteiger partial charge on any atom is -0.466 e. The van der Waals surface area contributed by atoms with Gasteiger partial charge in [0.1, 0.15) is 18.5 Å². The van der Waals surface area contributed by atoms with E-state index in [2.05, 4.69) is 28.2 Å². The summed E-state index contributed by atoms with van der Waals surface area (Å²) in [6, 6.07) is 1.21. The molecule has 0 aromatic carbocycles. The molecule has 7 N–H and O–H groups in total. The van der Waals surface area contributed by atoms with Crippen LogP contribution < -0.4 is 11.4 Å². The smallest absolute Gasteiger partial charge is 0.466 e. The Bertz CT molecular complexity index is 1160. The molecule has 178 valence electrons. The van der Waals surface area contributed by atoms with Crippen LogP contribution in [-0.4, -0.2) is 59.1 Å². The van der Waals surface area contributed by atoms with E-state index in [9.17, 15) is 33.4 Å². The van der Waals surface area contributed by atoms with Crippen LogP contribution in [0.3, 0.4) is 0 Å². The zero-order valence-electron chi connectivity index (χ0n) is 15.4. The summed E-state index contributed by atoms with van der Waals surface area (Å²) in [5, 5.41) is 13.5. The van der Waals surface area contributed by atoms with Crippen LogP contribution in [0, 0.1) is 0 Å². The maximum Gasteiger partial charge on any atom is 0.490 e. The van der Waals surface area contributed by atoms with Gasteiger partial charge in [-0.05, 0) is 11.6 Å². The number of aliphatic hydroxyl groups excluding tert-OH is 1. The monoisotopic (exact) mass is 520 g/mol. The number of hydrogen-bond donors (Lipinski definition) is 6. The molecule has 1 aliphatic heterocycles. The van der Waals surface area contributed by atoms with Gasteiger partial charge >= 0.3 is 29.2 Å². The van der Waals surface area contributed by atoms with Crippen LogP contribution in [0.5, 0.6) is 0 Å².